The number of carbonyl (C=O) groups is 1. The van der Waals surface area contributed by atoms with Crippen molar-refractivity contribution in [3.05, 3.63) is 71.3 Å². The van der Waals surface area contributed by atoms with Gasteiger partial charge in [-0.25, -0.2) is 0 Å². The lowest BCUT2D eigenvalue weighted by molar-refractivity contribution is -0.112. The molecule has 2 N–H and O–H groups in total. The number of fused-ring (bicyclic) bond motifs is 1. The van der Waals surface area contributed by atoms with E-state index in [4.69, 9.17) is 4.74 Å². The van der Waals surface area contributed by atoms with E-state index in [1.165, 1.54) is 18.4 Å². The first kappa shape index (κ1) is 18.4. The summed E-state index contributed by atoms with van der Waals surface area (Å²) in [5.41, 5.74) is 2.23. The maximum atomic E-state index is 13.0. The number of aliphatic hydroxyl groups is 1. The second kappa shape index (κ2) is 7.56. The molecule has 0 saturated carbocycles. The van der Waals surface area contributed by atoms with Crippen LogP contribution in [0.15, 0.2) is 65.8 Å². The molecular formula is C22H24N2O4. The molecule has 2 heterocycles. The molecule has 2 aliphatic heterocycles. The van der Waals surface area contributed by atoms with Gasteiger partial charge >= 0.3 is 0 Å². The highest BCUT2D eigenvalue weighted by molar-refractivity contribution is 6.29. The summed E-state index contributed by atoms with van der Waals surface area (Å²) in [6, 6.07) is 6.45. The van der Waals surface area contributed by atoms with Gasteiger partial charge in [0.05, 0.1) is 17.4 Å². The lowest BCUT2D eigenvalue weighted by Crippen LogP contribution is -2.44. The minimum Gasteiger partial charge on any atom is -0.508 e. The quantitative estimate of drug-likeness (QED) is 0.840. The number of hydrogen-bond donors (Lipinski definition) is 2. The molecular weight excluding hydrogens is 356 g/mol. The Bertz CT molecular complexity index is 888. The zero-order chi connectivity index (χ0) is 19.7. The molecule has 1 aliphatic carbocycles. The van der Waals surface area contributed by atoms with Crippen LogP contribution < -0.4 is 0 Å². The third-order valence-electron chi connectivity index (χ3n) is 5.46. The molecule has 6 heteroatoms. The third kappa shape index (κ3) is 3.43. The SMILES string of the molecule is CCN1CCN(/C=C2/C(O)=CC=C3C(=O)C(c4ccc(O)cc4)=COC32)CC1. The molecule has 6 nitrogen and oxygen atoms in total. The van der Waals surface area contributed by atoms with Crippen LogP contribution in [0.3, 0.4) is 0 Å². The summed E-state index contributed by atoms with van der Waals surface area (Å²) in [6.07, 6.45) is 5.95. The number of rotatable bonds is 3. The van der Waals surface area contributed by atoms with E-state index < -0.39 is 6.10 Å². The highest BCUT2D eigenvalue weighted by atomic mass is 16.5. The molecule has 28 heavy (non-hydrogen) atoms. The molecule has 1 atom stereocenters. The predicted molar refractivity (Wildman–Crippen MR) is 107 cm³/mol. The molecule has 1 saturated heterocycles. The van der Waals surface area contributed by atoms with Crippen LogP contribution >= 0.6 is 0 Å². The Kier molecular flexibility index (Phi) is 4.96. The van der Waals surface area contributed by atoms with E-state index in [9.17, 15) is 15.0 Å². The molecule has 146 valence electrons. The summed E-state index contributed by atoms with van der Waals surface area (Å²) in [4.78, 5) is 17.6. The molecule has 1 aromatic carbocycles. The number of phenolic OH excluding ortho intramolecular Hbond substituents is 1. The topological polar surface area (TPSA) is 73.2 Å². The molecule has 1 aromatic rings. The van der Waals surface area contributed by atoms with Crippen LogP contribution in [0.25, 0.3) is 5.57 Å². The zero-order valence-corrected chi connectivity index (χ0v) is 15.8. The van der Waals surface area contributed by atoms with Crippen molar-refractivity contribution in [2.24, 2.45) is 0 Å². The van der Waals surface area contributed by atoms with Crippen molar-refractivity contribution < 1.29 is 19.7 Å². The standard InChI is InChI=1S/C22H24N2O4/c1-2-23-9-11-24(12-10-23)13-18-20(26)8-7-17-21(27)19(14-28-22(17)18)15-3-5-16(25)6-4-15/h3-8,13-14,22,25-26H,2,9-12H2,1H3/b18-13-. The number of ketones is 1. The zero-order valence-electron chi connectivity index (χ0n) is 15.8. The second-order valence-corrected chi connectivity index (χ2v) is 7.15. The lowest BCUT2D eigenvalue weighted by Gasteiger charge is -2.35. The fraction of sp³-hybridized carbons (Fsp3) is 0.318. The number of phenols is 1. The summed E-state index contributed by atoms with van der Waals surface area (Å²) >= 11 is 0. The maximum absolute atomic E-state index is 13.0. The van der Waals surface area contributed by atoms with Crippen LogP contribution in [0.2, 0.25) is 0 Å². The highest BCUT2D eigenvalue weighted by Crippen LogP contribution is 2.35. The van der Waals surface area contributed by atoms with Gasteiger partial charge < -0.3 is 24.7 Å². The number of Topliss-reactive ketones (excluding diaryl/α,β-unsaturated/α-hetero) is 1. The van der Waals surface area contributed by atoms with Crippen LogP contribution in [0.5, 0.6) is 5.75 Å². The van der Waals surface area contributed by atoms with Crippen molar-refractivity contribution in [3.63, 3.8) is 0 Å². The third-order valence-corrected chi connectivity index (χ3v) is 5.46. The number of allylic oxidation sites excluding steroid dienone is 3. The van der Waals surface area contributed by atoms with E-state index in [2.05, 4.69) is 16.7 Å². The summed E-state index contributed by atoms with van der Waals surface area (Å²) in [5, 5.41) is 19.9. The number of likely N-dealkylation sites (N-methyl/N-ethyl adjacent to an activating group) is 1. The Hall–Kier alpha value is -2.99. The molecule has 3 aliphatic rings. The van der Waals surface area contributed by atoms with Gasteiger partial charge in [-0.3, -0.25) is 4.79 Å². The molecule has 0 radical (unpaired) electrons. The second-order valence-electron chi connectivity index (χ2n) is 7.15. The average molecular weight is 380 g/mol. The summed E-state index contributed by atoms with van der Waals surface area (Å²) in [7, 11) is 0. The van der Waals surface area contributed by atoms with Crippen molar-refractivity contribution in [2.45, 2.75) is 13.0 Å². The van der Waals surface area contributed by atoms with Gasteiger partial charge in [-0.1, -0.05) is 19.1 Å². The van der Waals surface area contributed by atoms with E-state index in [1.807, 2.05) is 6.20 Å². The first-order chi connectivity index (χ1) is 13.6. The Morgan fingerprint density at radius 3 is 2.50 bits per heavy atom. The van der Waals surface area contributed by atoms with Gasteiger partial charge in [0.2, 0.25) is 0 Å². The van der Waals surface area contributed by atoms with Gasteiger partial charge in [0.15, 0.2) is 11.9 Å². The molecule has 0 bridgehead atoms. The number of carbonyl (C=O) groups excluding carboxylic acids is 1. The molecule has 0 aromatic heterocycles. The van der Waals surface area contributed by atoms with Crippen LogP contribution in [0.4, 0.5) is 0 Å². The number of ether oxygens (including phenoxy) is 1. The Morgan fingerprint density at radius 2 is 1.82 bits per heavy atom. The van der Waals surface area contributed by atoms with Gasteiger partial charge in [-0.15, -0.1) is 0 Å². The maximum Gasteiger partial charge on any atom is 0.196 e. The van der Waals surface area contributed by atoms with Crippen LogP contribution in [-0.2, 0) is 9.53 Å². The number of nitrogens with zero attached hydrogens (tertiary/aromatic N) is 2. The predicted octanol–water partition coefficient (Wildman–Crippen LogP) is 2.60. The monoisotopic (exact) mass is 380 g/mol. The van der Waals surface area contributed by atoms with E-state index in [0.717, 1.165) is 32.7 Å². The molecule has 1 fully saturated rings. The molecule has 4 rings (SSSR count). The van der Waals surface area contributed by atoms with E-state index in [-0.39, 0.29) is 17.3 Å². The summed E-state index contributed by atoms with van der Waals surface area (Å²) in [6.45, 7) is 6.89. The van der Waals surface area contributed by atoms with Gasteiger partial charge in [-0.2, -0.15) is 0 Å². The fourth-order valence-corrected chi connectivity index (χ4v) is 3.72. The van der Waals surface area contributed by atoms with Crippen molar-refractivity contribution in [2.75, 3.05) is 32.7 Å². The summed E-state index contributed by atoms with van der Waals surface area (Å²) in [5.74, 6) is 0.137. The van der Waals surface area contributed by atoms with Crippen LogP contribution in [0.1, 0.15) is 12.5 Å². The number of aromatic hydroxyl groups is 1. The Morgan fingerprint density at radius 1 is 1.11 bits per heavy atom. The van der Waals surface area contributed by atoms with E-state index in [0.29, 0.717) is 22.3 Å². The Labute approximate surface area is 164 Å². The lowest BCUT2D eigenvalue weighted by atomic mass is 9.86. The summed E-state index contributed by atoms with van der Waals surface area (Å²) < 4.78 is 5.90. The normalized spacial score (nSPS) is 24.2. The van der Waals surface area contributed by atoms with Gasteiger partial charge in [-0.05, 0) is 36.4 Å². The molecule has 1 unspecified atom stereocenters. The fourth-order valence-electron chi connectivity index (χ4n) is 3.72. The molecule has 0 spiro atoms. The molecule has 0 amide bonds. The van der Waals surface area contributed by atoms with Gasteiger partial charge in [0, 0.05) is 38.0 Å². The van der Waals surface area contributed by atoms with E-state index >= 15 is 0 Å². The van der Waals surface area contributed by atoms with Crippen LogP contribution in [0, 0.1) is 0 Å². The van der Waals surface area contributed by atoms with Gasteiger partial charge in [0.25, 0.3) is 0 Å². The minimum absolute atomic E-state index is 0.126. The van der Waals surface area contributed by atoms with Crippen molar-refractivity contribution in [1.82, 2.24) is 9.80 Å². The average Bonchev–Trinajstić information content (AvgIpc) is 2.72. The van der Waals surface area contributed by atoms with Crippen molar-refractivity contribution in [1.29, 1.82) is 0 Å². The number of benzene rings is 1. The van der Waals surface area contributed by atoms with Crippen LogP contribution in [-0.4, -0.2) is 64.6 Å². The number of aliphatic hydroxyl groups excluding tert-OH is 1. The minimum atomic E-state index is -0.609. The number of piperazine rings is 1. The van der Waals surface area contributed by atoms with Crippen molar-refractivity contribution in [3.8, 4) is 5.75 Å². The largest absolute Gasteiger partial charge is 0.508 e. The smallest absolute Gasteiger partial charge is 0.196 e. The van der Waals surface area contributed by atoms with E-state index in [1.54, 1.807) is 24.3 Å². The Balaban J connectivity index is 1.59. The highest BCUT2D eigenvalue weighted by Gasteiger charge is 2.36. The van der Waals surface area contributed by atoms with Crippen molar-refractivity contribution >= 4 is 11.4 Å². The van der Waals surface area contributed by atoms with Gasteiger partial charge in [0.1, 0.15) is 11.5 Å². The first-order valence-corrected chi connectivity index (χ1v) is 9.56. The number of hydrogen-bond acceptors (Lipinski definition) is 6. The first-order valence-electron chi connectivity index (χ1n) is 9.56.